The van der Waals surface area contributed by atoms with Crippen LogP contribution in [-0.2, 0) is 20.0 Å². The number of rotatable bonds is 7. The SMILES string of the molecule is Cc1ccc(S(=O)(=O)N2N=C(c3cccc(NS(C)(=O)=O)c3)C[C@H]2c2cccc([N+](=O)[O-])c2)cc1. The van der Waals surface area contributed by atoms with Gasteiger partial charge in [-0.2, -0.15) is 17.9 Å². The summed E-state index contributed by atoms with van der Waals surface area (Å²) in [5.74, 6) is 0. The van der Waals surface area contributed by atoms with Gasteiger partial charge in [0.25, 0.3) is 15.7 Å². The van der Waals surface area contributed by atoms with Crippen LogP contribution in [0.4, 0.5) is 11.4 Å². The van der Waals surface area contributed by atoms with Crippen molar-refractivity contribution in [3.63, 3.8) is 0 Å². The van der Waals surface area contributed by atoms with Crippen LogP contribution >= 0.6 is 0 Å². The topological polar surface area (TPSA) is 139 Å². The highest BCUT2D eigenvalue weighted by Crippen LogP contribution is 2.38. The lowest BCUT2D eigenvalue weighted by Crippen LogP contribution is -2.27. The molecule has 3 aromatic rings. The summed E-state index contributed by atoms with van der Waals surface area (Å²) in [6, 6.07) is 17.7. The molecule has 0 radical (unpaired) electrons. The van der Waals surface area contributed by atoms with Crippen LogP contribution in [0.25, 0.3) is 0 Å². The molecule has 1 N–H and O–H groups in total. The standard InChI is InChI=1S/C23H22N4O6S2/c1-16-9-11-21(12-10-16)35(32,33)26-23(18-6-4-8-20(14-18)27(28)29)15-22(24-26)17-5-3-7-19(13-17)25-34(2,30)31/h3-14,23,25H,15H2,1-2H3/t23-/m0/s1. The third-order valence-electron chi connectivity index (χ3n) is 5.40. The van der Waals surface area contributed by atoms with Gasteiger partial charge in [-0.1, -0.05) is 42.0 Å². The van der Waals surface area contributed by atoms with Crippen LogP contribution in [0, 0.1) is 17.0 Å². The minimum Gasteiger partial charge on any atom is -0.284 e. The number of hydrogen-bond donors (Lipinski definition) is 1. The maximum Gasteiger partial charge on any atom is 0.279 e. The van der Waals surface area contributed by atoms with E-state index in [9.17, 15) is 26.9 Å². The second-order valence-corrected chi connectivity index (χ2v) is 11.7. The maximum atomic E-state index is 13.6. The number of benzene rings is 3. The normalized spacial score (nSPS) is 16.1. The van der Waals surface area contributed by atoms with Crippen molar-refractivity contribution < 1.29 is 21.8 Å². The smallest absolute Gasteiger partial charge is 0.279 e. The molecule has 0 spiro atoms. The van der Waals surface area contributed by atoms with Gasteiger partial charge in [0.2, 0.25) is 10.0 Å². The molecule has 1 atom stereocenters. The monoisotopic (exact) mass is 514 g/mol. The van der Waals surface area contributed by atoms with E-state index in [0.717, 1.165) is 16.2 Å². The Morgan fingerprint density at radius 3 is 2.34 bits per heavy atom. The zero-order valence-corrected chi connectivity index (χ0v) is 20.5. The molecule has 0 aliphatic carbocycles. The molecule has 10 nitrogen and oxygen atoms in total. The number of nitrogens with zero attached hydrogens (tertiary/aromatic N) is 3. The van der Waals surface area contributed by atoms with Crippen molar-refractivity contribution in [1.82, 2.24) is 4.41 Å². The fourth-order valence-electron chi connectivity index (χ4n) is 3.77. The first-order valence-corrected chi connectivity index (χ1v) is 13.8. The van der Waals surface area contributed by atoms with E-state index >= 15 is 0 Å². The summed E-state index contributed by atoms with van der Waals surface area (Å²) in [5, 5.41) is 15.7. The zero-order valence-electron chi connectivity index (χ0n) is 18.8. The van der Waals surface area contributed by atoms with E-state index in [4.69, 9.17) is 0 Å². The van der Waals surface area contributed by atoms with Crippen molar-refractivity contribution in [1.29, 1.82) is 0 Å². The maximum absolute atomic E-state index is 13.6. The molecular weight excluding hydrogens is 492 g/mol. The van der Waals surface area contributed by atoms with E-state index in [0.29, 0.717) is 22.5 Å². The number of nitro benzene ring substituents is 1. The molecule has 0 amide bonds. The fraction of sp³-hybridized carbons (Fsp3) is 0.174. The quantitative estimate of drug-likeness (QED) is 0.376. The molecule has 0 saturated heterocycles. The molecule has 1 aliphatic rings. The minimum absolute atomic E-state index is 0.0380. The summed E-state index contributed by atoms with van der Waals surface area (Å²) in [4.78, 5) is 10.8. The minimum atomic E-state index is -4.10. The van der Waals surface area contributed by atoms with E-state index in [1.165, 1.54) is 30.3 Å². The molecule has 0 unspecified atom stereocenters. The Morgan fingerprint density at radius 2 is 1.69 bits per heavy atom. The Kier molecular flexibility index (Phi) is 6.34. The van der Waals surface area contributed by atoms with Gasteiger partial charge in [0.15, 0.2) is 0 Å². The molecule has 182 valence electrons. The number of non-ortho nitro benzene ring substituents is 1. The van der Waals surface area contributed by atoms with Gasteiger partial charge in [-0.05, 0) is 42.3 Å². The molecule has 1 aliphatic heterocycles. The summed E-state index contributed by atoms with van der Waals surface area (Å²) in [5.41, 5.74) is 2.37. The largest absolute Gasteiger partial charge is 0.284 e. The van der Waals surface area contributed by atoms with E-state index in [1.54, 1.807) is 42.5 Å². The first-order valence-electron chi connectivity index (χ1n) is 10.5. The Balaban J connectivity index is 1.80. The van der Waals surface area contributed by atoms with Crippen molar-refractivity contribution in [3.8, 4) is 0 Å². The van der Waals surface area contributed by atoms with E-state index in [-0.39, 0.29) is 17.0 Å². The third-order valence-corrected chi connectivity index (χ3v) is 7.71. The Labute approximate surface area is 203 Å². The summed E-state index contributed by atoms with van der Waals surface area (Å²) in [6.45, 7) is 1.84. The lowest BCUT2D eigenvalue weighted by molar-refractivity contribution is -0.384. The average Bonchev–Trinajstić information content (AvgIpc) is 3.25. The van der Waals surface area contributed by atoms with Crippen molar-refractivity contribution in [2.24, 2.45) is 5.10 Å². The summed E-state index contributed by atoms with van der Waals surface area (Å²) >= 11 is 0. The fourth-order valence-corrected chi connectivity index (χ4v) is 5.76. The van der Waals surface area contributed by atoms with Crippen LogP contribution in [0.3, 0.4) is 0 Å². The molecule has 12 heteroatoms. The van der Waals surface area contributed by atoms with Crippen LogP contribution < -0.4 is 4.72 Å². The summed E-state index contributed by atoms with van der Waals surface area (Å²) in [6.07, 6.45) is 1.16. The van der Waals surface area contributed by atoms with Crippen molar-refractivity contribution in [2.75, 3.05) is 11.0 Å². The zero-order chi connectivity index (χ0) is 25.4. The molecule has 0 saturated carbocycles. The van der Waals surface area contributed by atoms with Gasteiger partial charge in [-0.15, -0.1) is 0 Å². The van der Waals surface area contributed by atoms with Gasteiger partial charge in [-0.3, -0.25) is 14.8 Å². The molecule has 0 fully saturated rings. The van der Waals surface area contributed by atoms with Crippen molar-refractivity contribution in [3.05, 3.63) is 99.6 Å². The van der Waals surface area contributed by atoms with Crippen LogP contribution in [0.15, 0.2) is 82.8 Å². The van der Waals surface area contributed by atoms with Crippen LogP contribution in [0.2, 0.25) is 0 Å². The van der Waals surface area contributed by atoms with Crippen LogP contribution in [0.1, 0.15) is 29.2 Å². The number of nitrogens with one attached hydrogen (secondary N) is 1. The van der Waals surface area contributed by atoms with Crippen molar-refractivity contribution in [2.45, 2.75) is 24.3 Å². The van der Waals surface area contributed by atoms with Gasteiger partial charge in [-0.25, -0.2) is 8.42 Å². The number of anilines is 1. The number of aryl methyl sites for hydroxylation is 1. The first-order chi connectivity index (χ1) is 16.4. The molecule has 3 aromatic carbocycles. The van der Waals surface area contributed by atoms with Gasteiger partial charge in [0.1, 0.15) is 0 Å². The molecule has 0 aromatic heterocycles. The van der Waals surface area contributed by atoms with Gasteiger partial charge in [0.05, 0.1) is 27.8 Å². The molecule has 4 rings (SSSR count). The van der Waals surface area contributed by atoms with Gasteiger partial charge < -0.3 is 0 Å². The number of sulfonamides is 2. The highest BCUT2D eigenvalue weighted by Gasteiger charge is 2.38. The van der Waals surface area contributed by atoms with Crippen LogP contribution in [0.5, 0.6) is 0 Å². The Morgan fingerprint density at radius 1 is 1.00 bits per heavy atom. The average molecular weight is 515 g/mol. The second-order valence-electron chi connectivity index (χ2n) is 8.16. The highest BCUT2D eigenvalue weighted by molar-refractivity contribution is 7.92. The van der Waals surface area contributed by atoms with Crippen molar-refractivity contribution >= 4 is 37.1 Å². The number of nitro groups is 1. The van der Waals surface area contributed by atoms with Gasteiger partial charge >= 0.3 is 0 Å². The summed E-state index contributed by atoms with van der Waals surface area (Å²) in [7, 11) is -7.62. The number of hydrazone groups is 1. The molecule has 1 heterocycles. The number of hydrogen-bond acceptors (Lipinski definition) is 7. The Bertz CT molecular complexity index is 1530. The second kappa shape index (κ2) is 9.12. The van der Waals surface area contributed by atoms with Crippen LogP contribution in [-0.4, -0.2) is 38.1 Å². The van der Waals surface area contributed by atoms with E-state index < -0.39 is 31.0 Å². The lowest BCUT2D eigenvalue weighted by Gasteiger charge is -2.23. The van der Waals surface area contributed by atoms with Gasteiger partial charge in [0, 0.05) is 24.2 Å². The summed E-state index contributed by atoms with van der Waals surface area (Å²) < 4.78 is 53.8. The first kappa shape index (κ1) is 24.4. The van der Waals surface area contributed by atoms with E-state index in [2.05, 4.69) is 9.82 Å². The third kappa shape index (κ3) is 5.33. The Hall–Kier alpha value is -3.77. The molecule has 0 bridgehead atoms. The van der Waals surface area contributed by atoms with E-state index in [1.807, 2.05) is 6.92 Å². The lowest BCUT2D eigenvalue weighted by atomic mass is 9.98. The molecular formula is C23H22N4O6S2. The highest BCUT2D eigenvalue weighted by atomic mass is 32.2. The predicted octanol–water partition coefficient (Wildman–Crippen LogP) is 3.81. The predicted molar refractivity (Wildman–Crippen MR) is 132 cm³/mol. The molecule has 35 heavy (non-hydrogen) atoms.